The van der Waals surface area contributed by atoms with Gasteiger partial charge in [0, 0.05) is 11.4 Å². The van der Waals surface area contributed by atoms with E-state index in [1.807, 2.05) is 12.1 Å². The standard InChI is InChI=1S/C28H24N4O13S5/c1-13(9-16-29(7-4-8-50(43,44)45)14-5-2-3-6-15(14)46-16)20-23(39)30(10-17(33)34)26(47-20)21-24(40)31(11-18(35)36)27(48-21)22-25(41)32(12-19(37)38)28(42)49-22/h2-3,5-6,9H,4,7-8,10-12H2,1H3,(H,33,34)(H,35,36)(H,37,38)(H,43,44,45)/b16-9?,20-13+,26-21+,27-22+. The van der Waals surface area contributed by atoms with Gasteiger partial charge in [-0.1, -0.05) is 23.9 Å². The van der Waals surface area contributed by atoms with Crippen LogP contribution in [-0.4, -0.2) is 90.2 Å². The third-order valence-corrected chi connectivity index (χ3v) is 12.7. The SMILES string of the molecule is C/C(C=C1Sc2ccccc2N1CCCS(=O)(=O)O)=c1\s/c(=c2/s/c(=C3/SC(=O)N(CC(=O)O)C3=O)n(CC(=O)O)c2=O)n(CC(=O)O)c1=O. The molecule has 1 saturated heterocycles. The lowest BCUT2D eigenvalue weighted by Gasteiger charge is -2.20. The second-order valence-electron chi connectivity index (χ2n) is 10.6. The number of carboxylic acids is 3. The number of thioether (sulfide) groups is 2. The molecular weight excluding hydrogens is 761 g/mol. The molecular formula is C28H24N4O13S5. The summed E-state index contributed by atoms with van der Waals surface area (Å²) in [4.78, 5) is 90.4. The fraction of sp³-hybridized carbons (Fsp3) is 0.250. The maximum atomic E-state index is 13.8. The van der Waals surface area contributed by atoms with Gasteiger partial charge >= 0.3 is 17.9 Å². The number of aliphatic carboxylic acids is 3. The van der Waals surface area contributed by atoms with Gasteiger partial charge in [-0.05, 0) is 48.9 Å². The number of rotatable bonds is 11. The molecule has 2 aliphatic rings. The zero-order chi connectivity index (χ0) is 36.7. The molecule has 264 valence electrons. The first-order chi connectivity index (χ1) is 23.5. The van der Waals surface area contributed by atoms with Gasteiger partial charge in [0.15, 0.2) is 0 Å². The van der Waals surface area contributed by atoms with Crippen LogP contribution in [0.3, 0.4) is 0 Å². The molecule has 0 atom stereocenters. The summed E-state index contributed by atoms with van der Waals surface area (Å²) >= 11 is 2.93. The van der Waals surface area contributed by atoms with Crippen LogP contribution in [0.25, 0.3) is 10.5 Å². The van der Waals surface area contributed by atoms with Crippen LogP contribution in [0.4, 0.5) is 10.5 Å². The van der Waals surface area contributed by atoms with Crippen molar-refractivity contribution in [1.82, 2.24) is 14.0 Å². The summed E-state index contributed by atoms with van der Waals surface area (Å²) in [6.45, 7) is -1.08. The van der Waals surface area contributed by atoms with Crippen molar-refractivity contribution in [3.63, 3.8) is 0 Å². The molecule has 4 heterocycles. The van der Waals surface area contributed by atoms with Crippen molar-refractivity contribution >= 4 is 102 Å². The van der Waals surface area contributed by atoms with Gasteiger partial charge in [0.25, 0.3) is 32.4 Å². The zero-order valence-electron chi connectivity index (χ0n) is 25.4. The number of para-hydroxylation sites is 1. The van der Waals surface area contributed by atoms with Gasteiger partial charge < -0.3 is 20.2 Å². The quantitative estimate of drug-likeness (QED) is 0.192. The molecule has 2 aromatic heterocycles. The van der Waals surface area contributed by atoms with Gasteiger partial charge in [-0.15, -0.1) is 22.7 Å². The van der Waals surface area contributed by atoms with Gasteiger partial charge in [-0.25, -0.2) is 0 Å². The Morgan fingerprint density at radius 2 is 1.44 bits per heavy atom. The molecule has 0 aliphatic carbocycles. The molecule has 0 unspecified atom stereocenters. The van der Waals surface area contributed by atoms with Crippen LogP contribution in [0.15, 0.2) is 49.9 Å². The van der Waals surface area contributed by atoms with Gasteiger partial charge in [0.1, 0.15) is 38.4 Å². The minimum Gasteiger partial charge on any atom is -0.480 e. The Bertz CT molecular complexity index is 2480. The van der Waals surface area contributed by atoms with E-state index in [-0.39, 0.29) is 31.4 Å². The first-order valence-electron chi connectivity index (χ1n) is 14.1. The average molecular weight is 785 g/mol. The summed E-state index contributed by atoms with van der Waals surface area (Å²) in [6, 6.07) is 7.24. The third kappa shape index (κ3) is 7.63. The second-order valence-corrected chi connectivity index (χ2v) is 16.1. The molecule has 22 heteroatoms. The van der Waals surface area contributed by atoms with Crippen molar-refractivity contribution in [2.45, 2.75) is 31.3 Å². The Labute approximate surface area is 296 Å². The number of anilines is 1. The molecule has 2 amide bonds. The smallest absolute Gasteiger partial charge is 0.323 e. The topological polar surface area (TPSA) is 251 Å². The number of nitrogens with zero attached hydrogens (tertiary/aromatic N) is 4. The van der Waals surface area contributed by atoms with E-state index in [0.717, 1.165) is 26.5 Å². The number of carbonyl (C=O) groups is 5. The Morgan fingerprint density at radius 3 is 2.06 bits per heavy atom. The second kappa shape index (κ2) is 14.4. The molecule has 1 aromatic carbocycles. The van der Waals surface area contributed by atoms with Gasteiger partial charge in [0.2, 0.25) is 0 Å². The van der Waals surface area contributed by atoms with Crippen molar-refractivity contribution < 1.29 is 52.3 Å². The number of carbonyl (C=O) groups excluding carboxylic acids is 2. The predicted molar refractivity (Wildman–Crippen MR) is 183 cm³/mol. The van der Waals surface area contributed by atoms with Crippen molar-refractivity contribution in [2.24, 2.45) is 0 Å². The van der Waals surface area contributed by atoms with E-state index in [4.69, 9.17) is 5.11 Å². The maximum absolute atomic E-state index is 13.8. The summed E-state index contributed by atoms with van der Waals surface area (Å²) in [5.41, 5.74) is -0.688. The largest absolute Gasteiger partial charge is 0.480 e. The van der Waals surface area contributed by atoms with Crippen molar-refractivity contribution in [3.8, 4) is 0 Å². The van der Waals surface area contributed by atoms with Crippen molar-refractivity contribution in [3.05, 3.63) is 74.5 Å². The van der Waals surface area contributed by atoms with Crippen molar-refractivity contribution in [2.75, 3.05) is 23.7 Å². The van der Waals surface area contributed by atoms with Gasteiger partial charge in [-0.3, -0.25) is 52.1 Å². The molecule has 17 nitrogen and oxygen atoms in total. The number of amides is 2. The van der Waals surface area contributed by atoms with E-state index >= 15 is 0 Å². The van der Waals surface area contributed by atoms with E-state index in [9.17, 15) is 56.7 Å². The van der Waals surface area contributed by atoms with E-state index in [1.54, 1.807) is 30.0 Å². The number of imide groups is 1. The maximum Gasteiger partial charge on any atom is 0.323 e. The third-order valence-electron chi connectivity index (χ3n) is 7.00. The van der Waals surface area contributed by atoms with Crippen LogP contribution >= 0.6 is 46.2 Å². The summed E-state index contributed by atoms with van der Waals surface area (Å²) in [6.07, 6.45) is 1.70. The normalized spacial score (nSPS) is 17.8. The van der Waals surface area contributed by atoms with Crippen LogP contribution in [0.5, 0.6) is 0 Å². The fourth-order valence-electron chi connectivity index (χ4n) is 4.95. The average Bonchev–Trinajstić information content (AvgIpc) is 3.70. The number of fused-ring (bicyclic) bond motifs is 1. The first kappa shape index (κ1) is 36.8. The molecule has 2 aliphatic heterocycles. The minimum absolute atomic E-state index is 0.0177. The Morgan fingerprint density at radius 1 is 0.820 bits per heavy atom. The lowest BCUT2D eigenvalue weighted by atomic mass is 10.2. The molecule has 50 heavy (non-hydrogen) atoms. The van der Waals surface area contributed by atoms with E-state index in [1.165, 1.54) is 11.8 Å². The van der Waals surface area contributed by atoms with Crippen LogP contribution < -0.4 is 25.2 Å². The minimum atomic E-state index is -4.22. The van der Waals surface area contributed by atoms with Crippen LogP contribution in [0.2, 0.25) is 0 Å². The number of thiazole rings is 2. The summed E-state index contributed by atoms with van der Waals surface area (Å²) in [5, 5.41) is 27.9. The molecule has 0 saturated carbocycles. The Hall–Kier alpha value is -4.48. The van der Waals surface area contributed by atoms with Crippen molar-refractivity contribution in [1.29, 1.82) is 0 Å². The first-order valence-corrected chi connectivity index (χ1v) is 18.9. The van der Waals surface area contributed by atoms with Gasteiger partial charge in [0.05, 0.1) is 21.0 Å². The Kier molecular flexibility index (Phi) is 10.6. The highest BCUT2D eigenvalue weighted by Crippen LogP contribution is 2.46. The number of hydrogen-bond acceptors (Lipinski definition) is 14. The number of benzene rings is 1. The van der Waals surface area contributed by atoms with E-state index in [0.29, 0.717) is 43.2 Å². The molecule has 3 aromatic rings. The fourth-order valence-corrected chi connectivity index (χ4v) is 10.0. The van der Waals surface area contributed by atoms with Crippen LogP contribution in [-0.2, 0) is 42.4 Å². The zero-order valence-corrected chi connectivity index (χ0v) is 29.5. The van der Waals surface area contributed by atoms with Crippen LogP contribution in [0, 0.1) is 9.20 Å². The van der Waals surface area contributed by atoms with Gasteiger partial charge in [-0.2, -0.15) is 8.42 Å². The number of hydrogen-bond donors (Lipinski definition) is 4. The lowest BCUT2D eigenvalue weighted by Crippen LogP contribution is -2.35. The highest BCUT2D eigenvalue weighted by Gasteiger charge is 2.38. The molecule has 4 N–H and O–H groups in total. The van der Waals surface area contributed by atoms with E-state index < -0.39 is 80.6 Å². The highest BCUT2D eigenvalue weighted by molar-refractivity contribution is 8.23. The highest BCUT2D eigenvalue weighted by atomic mass is 32.2. The molecule has 0 radical (unpaired) electrons. The Balaban J connectivity index is 1.76. The molecule has 5 rings (SSSR count). The molecule has 0 bridgehead atoms. The summed E-state index contributed by atoms with van der Waals surface area (Å²) in [5.74, 6) is -5.98. The van der Waals surface area contributed by atoms with E-state index in [2.05, 4.69) is 0 Å². The number of allylic oxidation sites excluding steroid dienone is 1. The predicted octanol–water partition coefficient (Wildman–Crippen LogP) is 0.380. The summed E-state index contributed by atoms with van der Waals surface area (Å²) < 4.78 is 32.7. The number of aromatic nitrogens is 2. The monoisotopic (exact) mass is 784 g/mol. The number of carboxylic acid groups (broad SMARTS) is 3. The molecule has 0 spiro atoms. The summed E-state index contributed by atoms with van der Waals surface area (Å²) in [7, 11) is -4.22. The lowest BCUT2D eigenvalue weighted by molar-refractivity contribution is -0.140. The van der Waals surface area contributed by atoms with Crippen LogP contribution in [0.1, 0.15) is 13.3 Å². The molecule has 1 fully saturated rings.